The van der Waals surface area contributed by atoms with Gasteiger partial charge in [0, 0.05) is 38.6 Å². The normalized spacial score (nSPS) is 22.7. The second-order valence-corrected chi connectivity index (χ2v) is 8.13. The standard InChI is InChI=1S/C20H38N4O2.2ClH/c1-17-7-9-18(10-8-17)22-19(25)16-23-12-14-24(15-13-23)20(26)6-4-2-3-5-11-21;;/h17-18H,2-16,21H2,1H3,(H,22,25);2*1H. The van der Waals surface area contributed by atoms with Crippen LogP contribution in [0.3, 0.4) is 0 Å². The number of unbranched alkanes of at least 4 members (excludes halogenated alkanes) is 3. The predicted molar refractivity (Wildman–Crippen MR) is 119 cm³/mol. The van der Waals surface area contributed by atoms with Crippen molar-refractivity contribution in [1.29, 1.82) is 0 Å². The molecule has 0 aromatic rings. The van der Waals surface area contributed by atoms with Crippen LogP contribution in [0.25, 0.3) is 0 Å². The maximum absolute atomic E-state index is 12.3. The Hall–Kier alpha value is -0.560. The topological polar surface area (TPSA) is 78.7 Å². The number of nitrogens with one attached hydrogen (secondary N) is 1. The van der Waals surface area contributed by atoms with E-state index in [1.54, 1.807) is 0 Å². The van der Waals surface area contributed by atoms with Crippen LogP contribution in [0.4, 0.5) is 0 Å². The average Bonchev–Trinajstić information content (AvgIpc) is 2.64. The van der Waals surface area contributed by atoms with Crippen molar-refractivity contribution in [3.05, 3.63) is 0 Å². The van der Waals surface area contributed by atoms with Crippen LogP contribution in [0.5, 0.6) is 0 Å². The van der Waals surface area contributed by atoms with Gasteiger partial charge in [-0.15, -0.1) is 24.8 Å². The number of hydrogen-bond acceptors (Lipinski definition) is 4. The molecule has 6 nitrogen and oxygen atoms in total. The third kappa shape index (κ3) is 10.3. The van der Waals surface area contributed by atoms with Gasteiger partial charge in [-0.25, -0.2) is 0 Å². The van der Waals surface area contributed by atoms with Crippen LogP contribution in [0.1, 0.15) is 64.7 Å². The van der Waals surface area contributed by atoms with Crippen LogP contribution < -0.4 is 11.1 Å². The summed E-state index contributed by atoms with van der Waals surface area (Å²) < 4.78 is 0. The van der Waals surface area contributed by atoms with Crippen LogP contribution in [0, 0.1) is 5.92 Å². The van der Waals surface area contributed by atoms with Crippen molar-refractivity contribution in [2.24, 2.45) is 11.7 Å². The Morgan fingerprint density at radius 2 is 1.54 bits per heavy atom. The van der Waals surface area contributed by atoms with Crippen molar-refractivity contribution < 1.29 is 9.59 Å². The summed E-state index contributed by atoms with van der Waals surface area (Å²) in [7, 11) is 0. The minimum absolute atomic E-state index is 0. The molecular weight excluding hydrogens is 399 g/mol. The highest BCUT2D eigenvalue weighted by molar-refractivity contribution is 5.85. The van der Waals surface area contributed by atoms with E-state index < -0.39 is 0 Å². The van der Waals surface area contributed by atoms with Gasteiger partial charge in [-0.2, -0.15) is 0 Å². The van der Waals surface area contributed by atoms with Crippen molar-refractivity contribution in [3.8, 4) is 0 Å². The maximum Gasteiger partial charge on any atom is 0.234 e. The Kier molecular flexibility index (Phi) is 15.0. The van der Waals surface area contributed by atoms with Gasteiger partial charge in [0.05, 0.1) is 6.54 Å². The van der Waals surface area contributed by atoms with E-state index in [1.165, 1.54) is 12.8 Å². The Morgan fingerprint density at radius 3 is 2.14 bits per heavy atom. The molecule has 28 heavy (non-hydrogen) atoms. The molecule has 1 heterocycles. The first kappa shape index (κ1) is 27.4. The molecule has 3 N–H and O–H groups in total. The van der Waals surface area contributed by atoms with E-state index in [1.807, 2.05) is 4.90 Å². The summed E-state index contributed by atoms with van der Waals surface area (Å²) in [5, 5.41) is 3.20. The Labute approximate surface area is 183 Å². The Balaban J connectivity index is 0.00000364. The van der Waals surface area contributed by atoms with Crippen molar-refractivity contribution >= 4 is 36.6 Å². The summed E-state index contributed by atoms with van der Waals surface area (Å²) in [5.41, 5.74) is 5.48. The molecule has 166 valence electrons. The zero-order valence-electron chi connectivity index (χ0n) is 17.4. The molecule has 0 aromatic carbocycles. The number of nitrogens with two attached hydrogens (primary N) is 1. The van der Waals surface area contributed by atoms with E-state index in [9.17, 15) is 9.59 Å². The van der Waals surface area contributed by atoms with Gasteiger partial charge in [0.2, 0.25) is 11.8 Å². The molecule has 2 rings (SSSR count). The number of carbonyl (C=O) groups excluding carboxylic acids is 2. The first-order chi connectivity index (χ1) is 12.6. The molecule has 1 aliphatic heterocycles. The highest BCUT2D eigenvalue weighted by Crippen LogP contribution is 2.23. The Bertz CT molecular complexity index is 438. The lowest BCUT2D eigenvalue weighted by Crippen LogP contribution is -2.52. The van der Waals surface area contributed by atoms with Gasteiger partial charge in [-0.05, 0) is 51.0 Å². The third-order valence-electron chi connectivity index (χ3n) is 5.82. The average molecular weight is 439 g/mol. The second-order valence-electron chi connectivity index (χ2n) is 8.13. The number of carbonyl (C=O) groups is 2. The summed E-state index contributed by atoms with van der Waals surface area (Å²) in [4.78, 5) is 28.6. The lowest BCUT2D eigenvalue weighted by Gasteiger charge is -2.35. The van der Waals surface area contributed by atoms with E-state index in [0.29, 0.717) is 19.0 Å². The second kappa shape index (κ2) is 15.3. The van der Waals surface area contributed by atoms with Gasteiger partial charge in [-0.3, -0.25) is 14.5 Å². The van der Waals surface area contributed by atoms with Gasteiger partial charge in [0.15, 0.2) is 0 Å². The highest BCUT2D eigenvalue weighted by Gasteiger charge is 2.24. The van der Waals surface area contributed by atoms with Crippen molar-refractivity contribution in [2.45, 2.75) is 70.8 Å². The SMILES string of the molecule is CC1CCC(NC(=O)CN2CCN(C(=O)CCCCCCN)CC2)CC1.Cl.Cl. The van der Waals surface area contributed by atoms with E-state index >= 15 is 0 Å². The van der Waals surface area contributed by atoms with Crippen LogP contribution in [-0.4, -0.2) is 66.9 Å². The molecule has 2 fully saturated rings. The number of amides is 2. The predicted octanol–water partition coefficient (Wildman–Crippen LogP) is 2.58. The van der Waals surface area contributed by atoms with Gasteiger partial charge < -0.3 is 16.0 Å². The van der Waals surface area contributed by atoms with E-state index in [4.69, 9.17) is 5.73 Å². The molecule has 1 saturated heterocycles. The summed E-state index contributed by atoms with van der Waals surface area (Å²) in [6.07, 6.45) is 9.52. The molecule has 0 atom stereocenters. The third-order valence-corrected chi connectivity index (χ3v) is 5.82. The van der Waals surface area contributed by atoms with Gasteiger partial charge >= 0.3 is 0 Å². The van der Waals surface area contributed by atoms with E-state index in [-0.39, 0.29) is 36.6 Å². The molecule has 0 aromatic heterocycles. The van der Waals surface area contributed by atoms with Gasteiger partial charge in [0.1, 0.15) is 0 Å². The first-order valence-electron chi connectivity index (χ1n) is 10.6. The van der Waals surface area contributed by atoms with Crippen molar-refractivity contribution in [1.82, 2.24) is 15.1 Å². The molecule has 8 heteroatoms. The molecule has 0 bridgehead atoms. The summed E-state index contributed by atoms with van der Waals surface area (Å²) >= 11 is 0. The lowest BCUT2D eigenvalue weighted by molar-refractivity contribution is -0.133. The molecule has 0 radical (unpaired) electrons. The number of nitrogens with zero attached hydrogens (tertiary/aromatic N) is 2. The monoisotopic (exact) mass is 438 g/mol. The smallest absolute Gasteiger partial charge is 0.234 e. The minimum atomic E-state index is 0. The number of hydrogen-bond donors (Lipinski definition) is 2. The minimum Gasteiger partial charge on any atom is -0.352 e. The van der Waals surface area contributed by atoms with Crippen LogP contribution in [0.15, 0.2) is 0 Å². The zero-order valence-corrected chi connectivity index (χ0v) is 19.0. The fourth-order valence-corrected chi connectivity index (χ4v) is 3.97. The first-order valence-corrected chi connectivity index (χ1v) is 10.6. The summed E-state index contributed by atoms with van der Waals surface area (Å²) in [6, 6.07) is 0.362. The van der Waals surface area contributed by atoms with Crippen molar-refractivity contribution in [2.75, 3.05) is 39.3 Å². The molecule has 1 aliphatic carbocycles. The largest absolute Gasteiger partial charge is 0.352 e. The van der Waals surface area contributed by atoms with Gasteiger partial charge in [0.25, 0.3) is 0 Å². The molecule has 2 aliphatic rings. The summed E-state index contributed by atoms with van der Waals surface area (Å²) in [5.74, 6) is 1.21. The lowest BCUT2D eigenvalue weighted by atomic mass is 9.87. The molecule has 0 unspecified atom stereocenters. The van der Waals surface area contributed by atoms with Crippen LogP contribution in [-0.2, 0) is 9.59 Å². The number of rotatable bonds is 9. The number of halogens is 2. The van der Waals surface area contributed by atoms with Crippen LogP contribution >= 0.6 is 24.8 Å². The van der Waals surface area contributed by atoms with E-state index in [0.717, 1.165) is 77.2 Å². The maximum atomic E-state index is 12.3. The Morgan fingerprint density at radius 1 is 0.929 bits per heavy atom. The highest BCUT2D eigenvalue weighted by atomic mass is 35.5. The number of piperazine rings is 1. The quantitative estimate of drug-likeness (QED) is 0.542. The fourth-order valence-electron chi connectivity index (χ4n) is 3.97. The van der Waals surface area contributed by atoms with E-state index in [2.05, 4.69) is 17.1 Å². The molecule has 0 spiro atoms. The fraction of sp³-hybridized carbons (Fsp3) is 0.900. The molecule has 1 saturated carbocycles. The van der Waals surface area contributed by atoms with Gasteiger partial charge in [-0.1, -0.05) is 19.8 Å². The summed E-state index contributed by atoms with van der Waals surface area (Å²) in [6.45, 7) is 6.59. The molecule has 2 amide bonds. The van der Waals surface area contributed by atoms with Crippen molar-refractivity contribution in [3.63, 3.8) is 0 Å². The molecular formula is C20H40Cl2N4O2. The van der Waals surface area contributed by atoms with Crippen LogP contribution in [0.2, 0.25) is 0 Å². The zero-order chi connectivity index (χ0) is 18.8.